The first kappa shape index (κ1) is 13.8. The molecule has 2 rings (SSSR count). The van der Waals surface area contributed by atoms with Crippen LogP contribution in [0.15, 0.2) is 24.3 Å². The van der Waals surface area contributed by atoms with Gasteiger partial charge in [-0.15, -0.1) is 0 Å². The van der Waals surface area contributed by atoms with Crippen LogP contribution < -0.4 is 0 Å². The molecular weight excluding hydrogens is 270 g/mol. The Kier molecular flexibility index (Phi) is 4.39. The lowest BCUT2D eigenvalue weighted by atomic mass is 10.1. The zero-order valence-electron chi connectivity index (χ0n) is 10.5. The molecule has 0 saturated carbocycles. The smallest absolute Gasteiger partial charge is 0.336 e. The molecule has 19 heavy (non-hydrogen) atoms. The van der Waals surface area contributed by atoms with Crippen molar-refractivity contribution in [2.75, 3.05) is 26.8 Å². The van der Waals surface area contributed by atoms with Gasteiger partial charge in [0.2, 0.25) is 0 Å². The molecule has 1 saturated heterocycles. The first-order valence-corrected chi connectivity index (χ1v) is 6.24. The normalized spacial score (nSPS) is 19.1. The molecule has 1 unspecified atom stereocenters. The van der Waals surface area contributed by atoms with Gasteiger partial charge < -0.3 is 14.4 Å². The first-order chi connectivity index (χ1) is 9.11. The number of benzene rings is 1. The van der Waals surface area contributed by atoms with Crippen LogP contribution in [0.2, 0.25) is 5.02 Å². The van der Waals surface area contributed by atoms with E-state index in [0.717, 1.165) is 0 Å². The van der Waals surface area contributed by atoms with Crippen LogP contribution in [-0.4, -0.2) is 49.7 Å². The third-order valence-electron chi connectivity index (χ3n) is 2.91. The SMILES string of the molecule is COC(=O)C1CN(C(=O)c2ccc(Cl)cc2)CCO1. The highest BCUT2D eigenvalue weighted by Gasteiger charge is 2.30. The summed E-state index contributed by atoms with van der Waals surface area (Å²) in [6.07, 6.45) is -0.713. The number of esters is 1. The number of ether oxygens (including phenoxy) is 2. The molecular formula is C13H14ClNO4. The molecule has 1 heterocycles. The summed E-state index contributed by atoms with van der Waals surface area (Å²) < 4.78 is 9.90. The average molecular weight is 284 g/mol. The lowest BCUT2D eigenvalue weighted by Crippen LogP contribution is -2.48. The fourth-order valence-electron chi connectivity index (χ4n) is 1.88. The van der Waals surface area contributed by atoms with E-state index in [9.17, 15) is 9.59 Å². The minimum Gasteiger partial charge on any atom is -0.467 e. The Morgan fingerprint density at radius 1 is 1.37 bits per heavy atom. The van der Waals surface area contributed by atoms with Crippen LogP contribution in [0.3, 0.4) is 0 Å². The van der Waals surface area contributed by atoms with Crippen molar-refractivity contribution in [3.05, 3.63) is 34.9 Å². The summed E-state index contributed by atoms with van der Waals surface area (Å²) in [6, 6.07) is 6.64. The van der Waals surface area contributed by atoms with Crippen molar-refractivity contribution in [2.24, 2.45) is 0 Å². The number of amides is 1. The Bertz CT molecular complexity index is 474. The summed E-state index contributed by atoms with van der Waals surface area (Å²) in [5, 5.41) is 0.575. The second kappa shape index (κ2) is 6.04. The predicted molar refractivity (Wildman–Crippen MR) is 69.1 cm³/mol. The molecule has 0 N–H and O–H groups in total. The number of morpholine rings is 1. The Morgan fingerprint density at radius 2 is 2.05 bits per heavy atom. The Hall–Kier alpha value is -1.59. The van der Waals surface area contributed by atoms with Gasteiger partial charge in [-0.05, 0) is 24.3 Å². The monoisotopic (exact) mass is 283 g/mol. The number of methoxy groups -OCH3 is 1. The lowest BCUT2D eigenvalue weighted by Gasteiger charge is -2.31. The molecule has 0 aromatic heterocycles. The number of hydrogen-bond donors (Lipinski definition) is 0. The van der Waals surface area contributed by atoms with Gasteiger partial charge >= 0.3 is 5.97 Å². The molecule has 0 spiro atoms. The maximum atomic E-state index is 12.2. The summed E-state index contributed by atoms with van der Waals surface area (Å²) in [5.74, 6) is -0.609. The third-order valence-corrected chi connectivity index (χ3v) is 3.16. The number of rotatable bonds is 2. The van der Waals surface area contributed by atoms with Crippen molar-refractivity contribution in [3.63, 3.8) is 0 Å². The second-order valence-electron chi connectivity index (χ2n) is 4.14. The Balaban J connectivity index is 2.06. The van der Waals surface area contributed by atoms with Crippen LogP contribution in [0.25, 0.3) is 0 Å². The zero-order chi connectivity index (χ0) is 13.8. The largest absolute Gasteiger partial charge is 0.467 e. The highest BCUT2D eigenvalue weighted by Crippen LogP contribution is 2.14. The van der Waals surface area contributed by atoms with Crippen LogP contribution in [0.5, 0.6) is 0 Å². The molecule has 0 aliphatic carbocycles. The average Bonchev–Trinajstić information content (AvgIpc) is 2.46. The van der Waals surface area contributed by atoms with E-state index in [-0.39, 0.29) is 12.5 Å². The van der Waals surface area contributed by atoms with Gasteiger partial charge in [0.15, 0.2) is 6.10 Å². The minimum absolute atomic E-state index is 0.145. The van der Waals surface area contributed by atoms with Crippen molar-refractivity contribution in [1.82, 2.24) is 4.90 Å². The van der Waals surface area contributed by atoms with Crippen molar-refractivity contribution in [2.45, 2.75) is 6.10 Å². The van der Waals surface area contributed by atoms with E-state index in [4.69, 9.17) is 16.3 Å². The maximum Gasteiger partial charge on any atom is 0.336 e. The van der Waals surface area contributed by atoms with E-state index < -0.39 is 12.1 Å². The zero-order valence-corrected chi connectivity index (χ0v) is 11.2. The van der Waals surface area contributed by atoms with Crippen LogP contribution >= 0.6 is 11.6 Å². The predicted octanol–water partition coefficient (Wildman–Crippen LogP) is 1.35. The third kappa shape index (κ3) is 3.24. The van der Waals surface area contributed by atoms with Crippen LogP contribution in [-0.2, 0) is 14.3 Å². The summed E-state index contributed by atoms with van der Waals surface area (Å²) >= 11 is 5.78. The molecule has 1 aromatic rings. The van der Waals surface area contributed by atoms with E-state index in [1.165, 1.54) is 7.11 Å². The van der Waals surface area contributed by atoms with Gasteiger partial charge in [-0.2, -0.15) is 0 Å². The number of carbonyl (C=O) groups is 2. The number of hydrogen-bond acceptors (Lipinski definition) is 4. The molecule has 1 aromatic carbocycles. The molecule has 1 amide bonds. The standard InChI is InChI=1S/C13H14ClNO4/c1-18-13(17)11-8-15(6-7-19-11)12(16)9-2-4-10(14)5-3-9/h2-5,11H,6-8H2,1H3. The van der Waals surface area contributed by atoms with Crippen LogP contribution in [0.1, 0.15) is 10.4 Å². The molecule has 5 nitrogen and oxygen atoms in total. The van der Waals surface area contributed by atoms with Gasteiger partial charge in [-0.3, -0.25) is 4.79 Å². The van der Waals surface area contributed by atoms with E-state index >= 15 is 0 Å². The van der Waals surface area contributed by atoms with Crippen LogP contribution in [0, 0.1) is 0 Å². The molecule has 0 radical (unpaired) electrons. The molecule has 1 aliphatic heterocycles. The van der Waals surface area contributed by atoms with Gasteiger partial charge in [-0.1, -0.05) is 11.6 Å². The molecule has 1 fully saturated rings. The molecule has 0 bridgehead atoms. The second-order valence-corrected chi connectivity index (χ2v) is 4.58. The number of halogens is 1. The van der Waals surface area contributed by atoms with Crippen molar-refractivity contribution in [3.8, 4) is 0 Å². The van der Waals surface area contributed by atoms with E-state index in [0.29, 0.717) is 23.7 Å². The van der Waals surface area contributed by atoms with Crippen molar-refractivity contribution < 1.29 is 19.1 Å². The summed E-state index contributed by atoms with van der Waals surface area (Å²) in [5.41, 5.74) is 0.537. The summed E-state index contributed by atoms with van der Waals surface area (Å²) in [7, 11) is 1.30. The summed E-state index contributed by atoms with van der Waals surface area (Å²) in [4.78, 5) is 25.2. The van der Waals surface area contributed by atoms with Gasteiger partial charge in [0.1, 0.15) is 0 Å². The van der Waals surface area contributed by atoms with Crippen molar-refractivity contribution in [1.29, 1.82) is 0 Å². The van der Waals surface area contributed by atoms with E-state index in [1.807, 2.05) is 0 Å². The molecule has 102 valence electrons. The highest BCUT2D eigenvalue weighted by molar-refractivity contribution is 6.30. The van der Waals surface area contributed by atoms with Gasteiger partial charge in [0.05, 0.1) is 20.3 Å². The molecule has 1 aliphatic rings. The summed E-state index contributed by atoms with van der Waals surface area (Å²) in [6.45, 7) is 0.974. The lowest BCUT2D eigenvalue weighted by molar-refractivity contribution is -0.158. The van der Waals surface area contributed by atoms with Gasteiger partial charge in [0, 0.05) is 17.1 Å². The molecule has 6 heteroatoms. The fourth-order valence-corrected chi connectivity index (χ4v) is 2.01. The fraction of sp³-hybridized carbons (Fsp3) is 0.385. The maximum absolute atomic E-state index is 12.2. The number of nitrogens with zero attached hydrogens (tertiary/aromatic N) is 1. The van der Waals surface area contributed by atoms with Crippen LogP contribution in [0.4, 0.5) is 0 Å². The topological polar surface area (TPSA) is 55.8 Å². The van der Waals surface area contributed by atoms with E-state index in [1.54, 1.807) is 29.2 Å². The van der Waals surface area contributed by atoms with Crippen molar-refractivity contribution >= 4 is 23.5 Å². The highest BCUT2D eigenvalue weighted by atomic mass is 35.5. The Labute approximate surface area is 116 Å². The van der Waals surface area contributed by atoms with Gasteiger partial charge in [-0.25, -0.2) is 4.79 Å². The first-order valence-electron chi connectivity index (χ1n) is 5.86. The number of carbonyl (C=O) groups excluding carboxylic acids is 2. The van der Waals surface area contributed by atoms with E-state index in [2.05, 4.69) is 4.74 Å². The van der Waals surface area contributed by atoms with Gasteiger partial charge in [0.25, 0.3) is 5.91 Å². The Morgan fingerprint density at radius 3 is 2.68 bits per heavy atom. The quantitative estimate of drug-likeness (QED) is 0.769. The minimum atomic E-state index is -0.713. The molecule has 1 atom stereocenters.